The molecular formula is C37H41N3O7. The average molecular weight is 640 g/mol. The molecule has 3 aromatic carbocycles. The van der Waals surface area contributed by atoms with Gasteiger partial charge in [0, 0.05) is 23.9 Å². The first kappa shape index (κ1) is 33.2. The van der Waals surface area contributed by atoms with Gasteiger partial charge in [-0.3, -0.25) is 14.2 Å². The summed E-state index contributed by atoms with van der Waals surface area (Å²) in [6.45, 7) is 10.2. The Kier molecular flexibility index (Phi) is 9.42. The second-order valence-electron chi connectivity index (χ2n) is 13.6. The van der Waals surface area contributed by atoms with E-state index in [-0.39, 0.29) is 18.9 Å². The number of fused-ring (bicyclic) bond motifs is 4. The lowest BCUT2D eigenvalue weighted by atomic mass is 9.98. The Morgan fingerprint density at radius 1 is 0.787 bits per heavy atom. The fourth-order valence-corrected chi connectivity index (χ4v) is 5.75. The van der Waals surface area contributed by atoms with E-state index in [1.165, 1.54) is 4.57 Å². The van der Waals surface area contributed by atoms with Gasteiger partial charge in [-0.15, -0.1) is 0 Å². The summed E-state index contributed by atoms with van der Waals surface area (Å²) in [5, 5.41) is 5.99. The summed E-state index contributed by atoms with van der Waals surface area (Å²) in [5.41, 5.74) is 4.05. The standard InChI is InChI=1S/C37H41N3O7/c1-36(2,3)46-32(41)20-38-33(42)30(19-23-21-40(35(44)47-37(4,5)6)31-18-12-11-13-24(23)31)39-34(43)45-22-29-27-16-9-7-14-25(27)26-15-8-10-17-28(26)29/h7-18,21,29-30H,19-20,22H2,1-6H3,(H,38,42)(H,39,43)/t30-/m0/s1. The van der Waals surface area contributed by atoms with Crippen molar-refractivity contribution in [2.45, 2.75) is 71.1 Å². The topological polar surface area (TPSA) is 125 Å². The Morgan fingerprint density at radius 2 is 1.36 bits per heavy atom. The maximum atomic E-state index is 13.5. The minimum Gasteiger partial charge on any atom is -0.459 e. The van der Waals surface area contributed by atoms with Crippen LogP contribution in [-0.4, -0.2) is 59.0 Å². The second-order valence-corrected chi connectivity index (χ2v) is 13.6. The number of nitrogens with zero attached hydrogens (tertiary/aromatic N) is 1. The number of nitrogens with one attached hydrogen (secondary N) is 2. The third kappa shape index (κ3) is 8.00. The van der Waals surface area contributed by atoms with Gasteiger partial charge in [0.1, 0.15) is 30.4 Å². The summed E-state index contributed by atoms with van der Waals surface area (Å²) < 4.78 is 18.1. The van der Waals surface area contributed by atoms with Crippen molar-refractivity contribution in [2.24, 2.45) is 0 Å². The highest BCUT2D eigenvalue weighted by Crippen LogP contribution is 2.44. The summed E-state index contributed by atoms with van der Waals surface area (Å²) in [6, 6.07) is 22.1. The van der Waals surface area contributed by atoms with E-state index in [0.717, 1.165) is 22.3 Å². The molecule has 0 aliphatic heterocycles. The van der Waals surface area contributed by atoms with Gasteiger partial charge in [0.25, 0.3) is 0 Å². The average Bonchev–Trinajstić information content (AvgIpc) is 3.53. The molecule has 1 atom stereocenters. The number of amides is 2. The van der Waals surface area contributed by atoms with Gasteiger partial charge >= 0.3 is 18.2 Å². The highest BCUT2D eigenvalue weighted by molar-refractivity contribution is 5.94. The van der Waals surface area contributed by atoms with E-state index in [0.29, 0.717) is 16.5 Å². The molecule has 246 valence electrons. The summed E-state index contributed by atoms with van der Waals surface area (Å²) in [6.07, 6.45) is 0.239. The van der Waals surface area contributed by atoms with Gasteiger partial charge in [0.2, 0.25) is 5.91 Å². The monoisotopic (exact) mass is 639 g/mol. The van der Waals surface area contributed by atoms with Crippen LogP contribution >= 0.6 is 0 Å². The van der Waals surface area contributed by atoms with Crippen LogP contribution in [0.5, 0.6) is 0 Å². The zero-order valence-electron chi connectivity index (χ0n) is 27.6. The molecule has 0 unspecified atom stereocenters. The zero-order chi connectivity index (χ0) is 33.9. The van der Waals surface area contributed by atoms with Crippen molar-refractivity contribution in [3.8, 4) is 11.1 Å². The lowest BCUT2D eigenvalue weighted by molar-refractivity contribution is -0.154. The maximum absolute atomic E-state index is 13.5. The third-order valence-electron chi connectivity index (χ3n) is 7.59. The molecule has 47 heavy (non-hydrogen) atoms. The van der Waals surface area contributed by atoms with Crippen LogP contribution in [0.3, 0.4) is 0 Å². The molecule has 0 fully saturated rings. The van der Waals surface area contributed by atoms with Crippen molar-refractivity contribution in [3.63, 3.8) is 0 Å². The lowest BCUT2D eigenvalue weighted by Gasteiger charge is -2.21. The van der Waals surface area contributed by atoms with Gasteiger partial charge in [0.15, 0.2) is 0 Å². The fraction of sp³-hybridized carbons (Fsp3) is 0.351. The number of para-hydroxylation sites is 1. The van der Waals surface area contributed by atoms with Crippen molar-refractivity contribution < 1.29 is 33.4 Å². The van der Waals surface area contributed by atoms with E-state index in [1.807, 2.05) is 60.7 Å². The number of aromatic nitrogens is 1. The fourth-order valence-electron chi connectivity index (χ4n) is 5.75. The number of benzene rings is 3. The van der Waals surface area contributed by atoms with E-state index in [4.69, 9.17) is 14.2 Å². The number of carbonyl (C=O) groups is 4. The smallest absolute Gasteiger partial charge is 0.419 e. The molecule has 1 aliphatic rings. The minimum atomic E-state index is -1.15. The molecule has 0 bridgehead atoms. The van der Waals surface area contributed by atoms with Crippen molar-refractivity contribution in [3.05, 3.63) is 95.7 Å². The van der Waals surface area contributed by atoms with Crippen LogP contribution < -0.4 is 10.6 Å². The molecule has 10 heteroatoms. The molecule has 0 radical (unpaired) electrons. The van der Waals surface area contributed by atoms with Gasteiger partial charge < -0.3 is 24.8 Å². The predicted octanol–water partition coefficient (Wildman–Crippen LogP) is 6.33. The molecule has 1 heterocycles. The quantitative estimate of drug-likeness (QED) is 0.170. The van der Waals surface area contributed by atoms with Crippen LogP contribution in [-0.2, 0) is 30.2 Å². The predicted molar refractivity (Wildman–Crippen MR) is 178 cm³/mol. The van der Waals surface area contributed by atoms with Crippen LogP contribution in [0.1, 0.15) is 64.2 Å². The Bertz CT molecular complexity index is 1770. The van der Waals surface area contributed by atoms with E-state index >= 15 is 0 Å². The lowest BCUT2D eigenvalue weighted by Crippen LogP contribution is -2.49. The van der Waals surface area contributed by atoms with Crippen LogP contribution in [0.4, 0.5) is 9.59 Å². The molecule has 10 nitrogen and oxygen atoms in total. The number of carbonyl (C=O) groups excluding carboxylic acids is 4. The Morgan fingerprint density at radius 3 is 1.98 bits per heavy atom. The molecule has 2 N–H and O–H groups in total. The van der Waals surface area contributed by atoms with Gasteiger partial charge in [-0.2, -0.15) is 0 Å². The largest absolute Gasteiger partial charge is 0.459 e. The van der Waals surface area contributed by atoms with Crippen LogP contribution in [0.15, 0.2) is 79.0 Å². The highest BCUT2D eigenvalue weighted by Gasteiger charge is 2.31. The number of ether oxygens (including phenoxy) is 3. The van der Waals surface area contributed by atoms with Crippen LogP contribution in [0.2, 0.25) is 0 Å². The van der Waals surface area contributed by atoms with E-state index in [9.17, 15) is 19.2 Å². The SMILES string of the molecule is CC(C)(C)OC(=O)CNC(=O)[C@H](Cc1cn(C(=O)OC(C)(C)C)c2ccccc12)NC(=O)OCC1c2ccccc2-c2ccccc21. The molecular weight excluding hydrogens is 598 g/mol. The third-order valence-corrected chi connectivity index (χ3v) is 7.59. The molecule has 4 aromatic rings. The first-order valence-corrected chi connectivity index (χ1v) is 15.6. The van der Waals surface area contributed by atoms with E-state index in [2.05, 4.69) is 10.6 Å². The normalized spacial score (nSPS) is 13.3. The summed E-state index contributed by atoms with van der Waals surface area (Å²) in [7, 11) is 0. The molecule has 0 saturated carbocycles. The number of alkyl carbamates (subject to hydrolysis) is 1. The first-order chi connectivity index (χ1) is 22.2. The molecule has 0 saturated heterocycles. The Balaban J connectivity index is 1.36. The Hall–Kier alpha value is -5.12. The number of rotatable bonds is 8. The first-order valence-electron chi connectivity index (χ1n) is 15.6. The van der Waals surface area contributed by atoms with Gasteiger partial charge in [0.05, 0.1) is 5.52 Å². The van der Waals surface area contributed by atoms with Crippen molar-refractivity contribution in [2.75, 3.05) is 13.2 Å². The zero-order valence-corrected chi connectivity index (χ0v) is 27.6. The molecule has 1 aliphatic carbocycles. The van der Waals surface area contributed by atoms with Crippen molar-refractivity contribution >= 4 is 35.0 Å². The van der Waals surface area contributed by atoms with Crippen molar-refractivity contribution in [1.29, 1.82) is 0 Å². The highest BCUT2D eigenvalue weighted by atomic mass is 16.6. The van der Waals surface area contributed by atoms with E-state index < -0.39 is 47.9 Å². The molecule has 5 rings (SSSR count). The molecule has 0 spiro atoms. The summed E-state index contributed by atoms with van der Waals surface area (Å²) in [4.78, 5) is 52.3. The van der Waals surface area contributed by atoms with Crippen LogP contribution in [0, 0.1) is 0 Å². The molecule has 1 aromatic heterocycles. The maximum Gasteiger partial charge on any atom is 0.419 e. The Labute approximate surface area is 274 Å². The second kappa shape index (κ2) is 13.3. The van der Waals surface area contributed by atoms with Gasteiger partial charge in [-0.05, 0) is 75.4 Å². The number of esters is 1. The molecule has 2 amide bonds. The van der Waals surface area contributed by atoms with Crippen molar-refractivity contribution in [1.82, 2.24) is 15.2 Å². The van der Waals surface area contributed by atoms with Gasteiger partial charge in [-0.25, -0.2) is 9.59 Å². The van der Waals surface area contributed by atoms with Gasteiger partial charge in [-0.1, -0.05) is 66.7 Å². The number of hydrogen-bond acceptors (Lipinski definition) is 7. The van der Waals surface area contributed by atoms with Crippen LogP contribution in [0.25, 0.3) is 22.0 Å². The van der Waals surface area contributed by atoms with E-state index in [1.54, 1.807) is 59.9 Å². The number of hydrogen-bond donors (Lipinski definition) is 2. The minimum absolute atomic E-state index is 0.000653. The summed E-state index contributed by atoms with van der Waals surface area (Å²) in [5.74, 6) is -1.40. The summed E-state index contributed by atoms with van der Waals surface area (Å²) >= 11 is 0.